The van der Waals surface area contributed by atoms with Crippen molar-refractivity contribution in [2.24, 2.45) is 0 Å². The summed E-state index contributed by atoms with van der Waals surface area (Å²) >= 11 is 7.35. The van der Waals surface area contributed by atoms with Crippen LogP contribution in [0, 0.1) is 0 Å². The van der Waals surface area contributed by atoms with Crippen molar-refractivity contribution in [3.8, 4) is 0 Å². The SMILES string of the molecule is CC(=O)N(c1ccccc1)c1nc(C=CC(=O)Nc2ccccc2Cl)cs1. The number of halogens is 1. The molecule has 136 valence electrons. The highest BCUT2D eigenvalue weighted by Gasteiger charge is 2.17. The predicted octanol–water partition coefficient (Wildman–Crippen LogP) is 5.13. The van der Waals surface area contributed by atoms with Crippen LogP contribution in [0.5, 0.6) is 0 Å². The Labute approximate surface area is 165 Å². The minimum Gasteiger partial charge on any atom is -0.321 e. The molecule has 0 aliphatic rings. The Balaban J connectivity index is 1.73. The molecule has 0 bridgehead atoms. The van der Waals surface area contributed by atoms with Gasteiger partial charge in [-0.2, -0.15) is 0 Å². The lowest BCUT2D eigenvalue weighted by molar-refractivity contribution is -0.116. The van der Waals surface area contributed by atoms with Gasteiger partial charge in [-0.3, -0.25) is 14.5 Å². The van der Waals surface area contributed by atoms with Crippen LogP contribution in [0.4, 0.5) is 16.5 Å². The number of benzene rings is 2. The van der Waals surface area contributed by atoms with Gasteiger partial charge in [0.15, 0.2) is 5.13 Å². The first-order valence-corrected chi connectivity index (χ1v) is 9.35. The van der Waals surface area contributed by atoms with Crippen molar-refractivity contribution < 1.29 is 9.59 Å². The lowest BCUT2D eigenvalue weighted by atomic mass is 10.3. The molecule has 3 rings (SSSR count). The summed E-state index contributed by atoms with van der Waals surface area (Å²) in [7, 11) is 0. The smallest absolute Gasteiger partial charge is 0.248 e. The summed E-state index contributed by atoms with van der Waals surface area (Å²) in [4.78, 5) is 30.1. The van der Waals surface area contributed by atoms with Gasteiger partial charge in [0, 0.05) is 18.4 Å². The zero-order valence-electron chi connectivity index (χ0n) is 14.4. The zero-order chi connectivity index (χ0) is 19.2. The maximum Gasteiger partial charge on any atom is 0.248 e. The third kappa shape index (κ3) is 4.81. The number of carbonyl (C=O) groups is 2. The highest BCUT2D eigenvalue weighted by Crippen LogP contribution is 2.29. The van der Waals surface area contributed by atoms with E-state index in [0.29, 0.717) is 21.5 Å². The lowest BCUT2D eigenvalue weighted by Gasteiger charge is -2.17. The van der Waals surface area contributed by atoms with E-state index in [4.69, 9.17) is 11.6 Å². The molecule has 0 saturated heterocycles. The molecule has 1 aromatic heterocycles. The fraction of sp³-hybridized carbons (Fsp3) is 0.0500. The van der Waals surface area contributed by atoms with Crippen LogP contribution in [0.2, 0.25) is 5.02 Å². The summed E-state index contributed by atoms with van der Waals surface area (Å²) in [6.45, 7) is 1.49. The van der Waals surface area contributed by atoms with Gasteiger partial charge in [0.25, 0.3) is 0 Å². The summed E-state index contributed by atoms with van der Waals surface area (Å²) in [5, 5.41) is 5.50. The molecule has 7 heteroatoms. The number of hydrogen-bond acceptors (Lipinski definition) is 4. The fourth-order valence-corrected chi connectivity index (χ4v) is 3.40. The van der Waals surface area contributed by atoms with Crippen molar-refractivity contribution in [2.45, 2.75) is 6.92 Å². The number of nitrogens with one attached hydrogen (secondary N) is 1. The monoisotopic (exact) mass is 397 g/mol. The van der Waals surface area contributed by atoms with Crippen molar-refractivity contribution in [3.05, 3.63) is 76.8 Å². The minimum absolute atomic E-state index is 0.137. The second-order valence-corrected chi connectivity index (χ2v) is 6.79. The molecule has 0 radical (unpaired) electrons. The van der Waals surface area contributed by atoms with Crippen molar-refractivity contribution in [1.29, 1.82) is 0 Å². The number of para-hydroxylation sites is 2. The largest absolute Gasteiger partial charge is 0.321 e. The number of amides is 2. The topological polar surface area (TPSA) is 62.3 Å². The third-order valence-corrected chi connectivity index (χ3v) is 4.74. The third-order valence-electron chi connectivity index (χ3n) is 3.57. The van der Waals surface area contributed by atoms with Gasteiger partial charge in [-0.05, 0) is 30.3 Å². The first-order chi connectivity index (χ1) is 13.0. The van der Waals surface area contributed by atoms with Crippen LogP contribution in [0.1, 0.15) is 12.6 Å². The number of rotatable bonds is 5. The van der Waals surface area contributed by atoms with Gasteiger partial charge in [-0.15, -0.1) is 11.3 Å². The van der Waals surface area contributed by atoms with E-state index < -0.39 is 0 Å². The molecule has 0 fully saturated rings. The van der Waals surface area contributed by atoms with Gasteiger partial charge in [0.1, 0.15) is 0 Å². The molecule has 0 aliphatic carbocycles. The molecular formula is C20H16ClN3O2S. The van der Waals surface area contributed by atoms with Crippen LogP contribution in [-0.4, -0.2) is 16.8 Å². The summed E-state index contributed by atoms with van der Waals surface area (Å²) in [5.74, 6) is -0.452. The molecule has 1 N–H and O–H groups in total. The molecule has 27 heavy (non-hydrogen) atoms. The Hall–Kier alpha value is -2.96. The van der Waals surface area contributed by atoms with Crippen molar-refractivity contribution in [1.82, 2.24) is 4.98 Å². The van der Waals surface area contributed by atoms with Gasteiger partial charge >= 0.3 is 0 Å². The van der Waals surface area contributed by atoms with Crippen LogP contribution in [-0.2, 0) is 9.59 Å². The van der Waals surface area contributed by atoms with Crippen molar-refractivity contribution in [2.75, 3.05) is 10.2 Å². The molecule has 0 atom stereocenters. The molecule has 0 unspecified atom stereocenters. The van der Waals surface area contributed by atoms with Crippen molar-refractivity contribution in [3.63, 3.8) is 0 Å². The Morgan fingerprint density at radius 2 is 1.81 bits per heavy atom. The molecule has 0 spiro atoms. The summed E-state index contributed by atoms with van der Waals surface area (Å²) in [6, 6.07) is 16.3. The van der Waals surface area contributed by atoms with E-state index in [9.17, 15) is 9.59 Å². The van der Waals surface area contributed by atoms with Crippen LogP contribution < -0.4 is 10.2 Å². The Morgan fingerprint density at radius 1 is 1.11 bits per heavy atom. The van der Waals surface area contributed by atoms with E-state index in [1.165, 1.54) is 29.2 Å². The van der Waals surface area contributed by atoms with Crippen LogP contribution >= 0.6 is 22.9 Å². The highest BCUT2D eigenvalue weighted by molar-refractivity contribution is 7.14. The molecular weight excluding hydrogens is 382 g/mol. The average molecular weight is 398 g/mol. The van der Waals surface area contributed by atoms with Crippen LogP contribution in [0.25, 0.3) is 6.08 Å². The Morgan fingerprint density at radius 3 is 2.52 bits per heavy atom. The van der Waals surface area contributed by atoms with E-state index in [1.807, 2.05) is 30.3 Å². The molecule has 1 heterocycles. The van der Waals surface area contributed by atoms with Gasteiger partial charge in [-0.25, -0.2) is 4.98 Å². The summed E-state index contributed by atoms with van der Waals surface area (Å²) in [6.07, 6.45) is 2.97. The number of nitrogens with zero attached hydrogens (tertiary/aromatic N) is 2. The second-order valence-electron chi connectivity index (χ2n) is 5.55. The van der Waals surface area contributed by atoms with Gasteiger partial charge in [-0.1, -0.05) is 41.9 Å². The number of aromatic nitrogens is 1. The Bertz CT molecular complexity index is 986. The first-order valence-electron chi connectivity index (χ1n) is 8.09. The lowest BCUT2D eigenvalue weighted by Crippen LogP contribution is -2.22. The van der Waals surface area contributed by atoms with Crippen LogP contribution in [0.3, 0.4) is 0 Å². The molecule has 3 aromatic rings. The van der Waals surface area contributed by atoms with Crippen molar-refractivity contribution >= 4 is 57.3 Å². The zero-order valence-corrected chi connectivity index (χ0v) is 16.0. The van der Waals surface area contributed by atoms with Gasteiger partial charge in [0.2, 0.25) is 11.8 Å². The highest BCUT2D eigenvalue weighted by atomic mass is 35.5. The number of anilines is 3. The maximum atomic E-state index is 12.1. The van der Waals surface area contributed by atoms with Gasteiger partial charge in [0.05, 0.1) is 22.1 Å². The maximum absolute atomic E-state index is 12.1. The summed E-state index contributed by atoms with van der Waals surface area (Å²) < 4.78 is 0. The quantitative estimate of drug-likeness (QED) is 0.607. The van der Waals surface area contributed by atoms with Crippen LogP contribution in [0.15, 0.2) is 66.1 Å². The number of carbonyl (C=O) groups excluding carboxylic acids is 2. The predicted molar refractivity (Wildman–Crippen MR) is 110 cm³/mol. The molecule has 0 aliphatic heterocycles. The second kappa shape index (κ2) is 8.62. The van der Waals surface area contributed by atoms with E-state index in [-0.39, 0.29) is 11.8 Å². The van der Waals surface area contributed by atoms with E-state index >= 15 is 0 Å². The fourth-order valence-electron chi connectivity index (χ4n) is 2.36. The first kappa shape index (κ1) is 18.8. The molecule has 5 nitrogen and oxygen atoms in total. The summed E-state index contributed by atoms with van der Waals surface area (Å²) in [5.41, 5.74) is 1.87. The number of hydrogen-bond donors (Lipinski definition) is 1. The molecule has 2 aromatic carbocycles. The average Bonchev–Trinajstić information content (AvgIpc) is 3.11. The minimum atomic E-state index is -0.316. The standard InChI is InChI=1S/C20H16ClN3O2S/c1-14(25)24(16-7-3-2-4-8-16)20-22-15(13-27-20)11-12-19(26)23-18-10-6-5-9-17(18)21/h2-13H,1H3,(H,23,26). The Kier molecular flexibility index (Phi) is 6.01. The number of thiazole rings is 1. The van der Waals surface area contributed by atoms with E-state index in [0.717, 1.165) is 5.69 Å². The van der Waals surface area contributed by atoms with Gasteiger partial charge < -0.3 is 5.32 Å². The van der Waals surface area contributed by atoms with E-state index in [2.05, 4.69) is 10.3 Å². The molecule has 2 amide bonds. The normalized spacial score (nSPS) is 10.7. The molecule has 0 saturated carbocycles. The van der Waals surface area contributed by atoms with E-state index in [1.54, 1.807) is 35.7 Å².